The van der Waals surface area contributed by atoms with E-state index in [4.69, 9.17) is 0 Å². The highest BCUT2D eigenvalue weighted by molar-refractivity contribution is 14.2. The number of alkyl halides is 3. The van der Waals surface area contributed by atoms with Gasteiger partial charge in [0, 0.05) is 10.5 Å². The van der Waals surface area contributed by atoms with Crippen LogP contribution in [0.15, 0.2) is 47.4 Å². The number of hydrogen-bond donors (Lipinski definition) is 0. The average Bonchev–Trinajstić information content (AvgIpc) is 2.62. The van der Waals surface area contributed by atoms with E-state index in [1.807, 2.05) is 6.08 Å². The van der Waals surface area contributed by atoms with E-state index in [1.165, 1.54) is 23.8 Å². The Morgan fingerprint density at radius 1 is 0.958 bits per heavy atom. The summed E-state index contributed by atoms with van der Waals surface area (Å²) in [5.41, 5.74) is 0. The monoisotopic (exact) mass is 468 g/mol. The largest absolute Gasteiger partial charge is 0.395 e. The third-order valence-corrected chi connectivity index (χ3v) is 14.5. The molecule has 0 fully saturated rings. The molecule has 24 heavy (non-hydrogen) atoms. The summed E-state index contributed by atoms with van der Waals surface area (Å²) in [6.45, 7) is 0. The first-order valence-electron chi connectivity index (χ1n) is 8.70. The lowest BCUT2D eigenvalue weighted by atomic mass is 9.95. The van der Waals surface area contributed by atoms with Crippen LogP contribution in [0.1, 0.15) is 44.9 Å². The second-order valence-electron chi connectivity index (χ2n) is 6.77. The summed E-state index contributed by atoms with van der Waals surface area (Å²) < 4.78 is 39.0. The zero-order chi connectivity index (χ0) is 17.2. The number of hydrogen-bond acceptors (Lipinski definition) is 0. The van der Waals surface area contributed by atoms with Crippen molar-refractivity contribution in [2.75, 3.05) is 0 Å². The lowest BCUT2D eigenvalue weighted by Gasteiger charge is -2.49. The van der Waals surface area contributed by atoms with Crippen LogP contribution >= 0.6 is 28.4 Å². The highest BCUT2D eigenvalue weighted by Gasteiger charge is 2.44. The zero-order valence-corrected chi connectivity index (χ0v) is 16.6. The van der Waals surface area contributed by atoms with Crippen LogP contribution in [0, 0.1) is 5.92 Å². The standard InChI is InChI=1S/C19H24F3IS/c20-19(21,22)15-11-13-18(14-12-15)24(23,16-7-3-1-4-8-16)17-9-5-2-6-10-17/h1,3,5,7,9,11,13,15,17-18H,2,4,6,8,10,12,14H2. The Bertz CT molecular complexity index is 576. The van der Waals surface area contributed by atoms with Crippen LogP contribution in [-0.4, -0.2) is 16.7 Å². The molecular formula is C19H24F3IS. The van der Waals surface area contributed by atoms with Crippen LogP contribution in [0.4, 0.5) is 13.2 Å². The van der Waals surface area contributed by atoms with Crippen molar-refractivity contribution >= 4 is 28.4 Å². The summed E-state index contributed by atoms with van der Waals surface area (Å²) in [5.74, 6) is -1.25. The number of rotatable bonds is 3. The maximum absolute atomic E-state index is 13.0. The molecule has 0 aromatic carbocycles. The minimum absolute atomic E-state index is 0.238. The molecule has 0 bridgehead atoms. The predicted octanol–water partition coefficient (Wildman–Crippen LogP) is 7.38. The summed E-state index contributed by atoms with van der Waals surface area (Å²) in [6.07, 6.45) is 17.0. The minimum Gasteiger partial charge on any atom is -0.170 e. The van der Waals surface area contributed by atoms with Gasteiger partial charge in [-0.25, -0.2) is 0 Å². The average molecular weight is 468 g/mol. The quantitative estimate of drug-likeness (QED) is 0.300. The normalized spacial score (nSPS) is 34.5. The third-order valence-electron chi connectivity index (χ3n) is 5.21. The van der Waals surface area contributed by atoms with E-state index < -0.39 is 19.3 Å². The van der Waals surface area contributed by atoms with Crippen molar-refractivity contribution in [3.63, 3.8) is 0 Å². The molecule has 0 spiro atoms. The van der Waals surface area contributed by atoms with Gasteiger partial charge < -0.3 is 0 Å². The minimum atomic E-state index is -4.09. The Kier molecular flexibility index (Phi) is 5.90. The Labute approximate surface area is 156 Å². The van der Waals surface area contributed by atoms with E-state index in [2.05, 4.69) is 51.6 Å². The molecule has 4 atom stereocenters. The fraction of sp³-hybridized carbons (Fsp3) is 0.579. The lowest BCUT2D eigenvalue weighted by Crippen LogP contribution is -2.30. The van der Waals surface area contributed by atoms with Gasteiger partial charge in [-0.15, -0.1) is 0 Å². The molecule has 3 rings (SSSR count). The molecule has 134 valence electrons. The molecule has 0 saturated carbocycles. The Balaban J connectivity index is 1.91. The van der Waals surface area contributed by atoms with Gasteiger partial charge in [0.2, 0.25) is 0 Å². The summed E-state index contributed by atoms with van der Waals surface area (Å²) in [6, 6.07) is 0. The topological polar surface area (TPSA) is 0 Å². The molecule has 0 nitrogen and oxygen atoms in total. The van der Waals surface area contributed by atoms with Crippen LogP contribution < -0.4 is 0 Å². The highest BCUT2D eigenvalue weighted by atomic mass is 127. The maximum Gasteiger partial charge on any atom is 0.395 e. The smallest absolute Gasteiger partial charge is 0.170 e. The van der Waals surface area contributed by atoms with Crippen LogP contribution in [0.25, 0.3) is 0 Å². The van der Waals surface area contributed by atoms with Crippen molar-refractivity contribution < 1.29 is 13.2 Å². The number of halogens is 4. The fourth-order valence-electron chi connectivity index (χ4n) is 3.87. The molecule has 3 aliphatic rings. The van der Waals surface area contributed by atoms with Gasteiger partial charge in [-0.05, 0) is 71.1 Å². The van der Waals surface area contributed by atoms with Crippen molar-refractivity contribution in [3.8, 4) is 0 Å². The molecule has 0 aromatic rings. The van der Waals surface area contributed by atoms with Crippen molar-refractivity contribution in [1.82, 2.24) is 0 Å². The van der Waals surface area contributed by atoms with Gasteiger partial charge in [0.25, 0.3) is 0 Å². The van der Waals surface area contributed by atoms with E-state index in [0.29, 0.717) is 11.7 Å². The Morgan fingerprint density at radius 2 is 1.75 bits per heavy atom. The zero-order valence-electron chi connectivity index (χ0n) is 13.6. The predicted molar refractivity (Wildman–Crippen MR) is 107 cm³/mol. The van der Waals surface area contributed by atoms with Gasteiger partial charge in [0.15, 0.2) is 0 Å². The van der Waals surface area contributed by atoms with Gasteiger partial charge >= 0.3 is 6.18 Å². The Morgan fingerprint density at radius 3 is 2.29 bits per heavy atom. The summed E-state index contributed by atoms with van der Waals surface area (Å²) >= 11 is 2.66. The molecule has 0 heterocycles. The van der Waals surface area contributed by atoms with E-state index in [1.54, 1.807) is 0 Å². The maximum atomic E-state index is 13.0. The molecule has 0 radical (unpaired) electrons. The van der Waals surface area contributed by atoms with Crippen LogP contribution in [0.2, 0.25) is 0 Å². The van der Waals surface area contributed by atoms with Crippen LogP contribution in [0.3, 0.4) is 0 Å². The summed E-state index contributed by atoms with van der Waals surface area (Å²) in [4.78, 5) is 1.49. The molecule has 0 aliphatic heterocycles. The molecule has 5 heteroatoms. The first-order chi connectivity index (χ1) is 11.4. The summed E-state index contributed by atoms with van der Waals surface area (Å²) in [7, 11) is -1.17. The van der Waals surface area contributed by atoms with Gasteiger partial charge in [-0.2, -0.15) is 20.4 Å². The first-order valence-corrected chi connectivity index (χ1v) is 13.0. The van der Waals surface area contributed by atoms with E-state index >= 15 is 0 Å². The second-order valence-corrected chi connectivity index (χ2v) is 14.1. The molecule has 0 saturated heterocycles. The molecule has 0 aromatic heterocycles. The SMILES string of the molecule is FC(F)(F)C1C=CC(S(I)(C2=CC=CCC2)C2C=CCCC2)CC1. The molecule has 0 N–H and O–H groups in total. The lowest BCUT2D eigenvalue weighted by molar-refractivity contribution is -0.163. The molecule has 3 aliphatic carbocycles. The van der Waals surface area contributed by atoms with Gasteiger partial charge in [0.05, 0.1) is 5.92 Å². The van der Waals surface area contributed by atoms with Crippen LogP contribution in [-0.2, 0) is 0 Å². The molecular weight excluding hydrogens is 444 g/mol. The van der Waals surface area contributed by atoms with Gasteiger partial charge in [-0.3, -0.25) is 0 Å². The first kappa shape index (κ1) is 18.6. The van der Waals surface area contributed by atoms with Gasteiger partial charge in [0.1, 0.15) is 0 Å². The van der Waals surface area contributed by atoms with Crippen LogP contribution in [0.5, 0.6) is 0 Å². The highest BCUT2D eigenvalue weighted by Crippen LogP contribution is 2.74. The summed E-state index contributed by atoms with van der Waals surface area (Å²) in [5, 5.41) is 0.767. The van der Waals surface area contributed by atoms with E-state index in [-0.39, 0.29) is 11.7 Å². The van der Waals surface area contributed by atoms with Crippen molar-refractivity contribution in [1.29, 1.82) is 0 Å². The Hall–Kier alpha value is -0.170. The van der Waals surface area contributed by atoms with E-state index in [0.717, 1.165) is 19.3 Å². The van der Waals surface area contributed by atoms with Crippen molar-refractivity contribution in [2.45, 2.75) is 61.6 Å². The van der Waals surface area contributed by atoms with Crippen molar-refractivity contribution in [3.05, 3.63) is 47.4 Å². The van der Waals surface area contributed by atoms with Crippen molar-refractivity contribution in [2.24, 2.45) is 5.92 Å². The van der Waals surface area contributed by atoms with E-state index in [9.17, 15) is 13.2 Å². The number of allylic oxidation sites excluding steroid dienone is 6. The molecule has 0 amide bonds. The molecule has 4 unspecified atom stereocenters. The second kappa shape index (κ2) is 7.60. The van der Waals surface area contributed by atoms with Gasteiger partial charge in [-0.1, -0.05) is 42.5 Å². The fourth-order valence-corrected chi connectivity index (χ4v) is 11.1. The third kappa shape index (κ3) is 3.81.